The lowest BCUT2D eigenvalue weighted by Gasteiger charge is -2.25. The number of hydrogen-bond acceptors (Lipinski definition) is 6. The summed E-state index contributed by atoms with van der Waals surface area (Å²) in [5.41, 5.74) is 3.09. The van der Waals surface area contributed by atoms with Gasteiger partial charge in [0.15, 0.2) is 4.80 Å². The first-order valence-electron chi connectivity index (χ1n) is 12.6. The molecule has 0 radical (unpaired) electrons. The van der Waals surface area contributed by atoms with Gasteiger partial charge >= 0.3 is 0 Å². The van der Waals surface area contributed by atoms with Crippen molar-refractivity contribution in [1.29, 1.82) is 0 Å². The molecule has 0 aliphatic carbocycles. The number of hydrogen-bond donors (Lipinski definition) is 1. The largest absolute Gasteiger partial charge is 0.497 e. The second-order valence-corrected chi connectivity index (χ2v) is 10.4. The smallest absolute Gasteiger partial charge is 0.271 e. The van der Waals surface area contributed by atoms with Crippen LogP contribution in [0.4, 0.5) is 5.69 Å². The van der Waals surface area contributed by atoms with E-state index in [1.807, 2.05) is 98.8 Å². The maximum Gasteiger partial charge on any atom is 0.271 e. The molecule has 8 heteroatoms. The molecule has 4 aromatic rings. The standard InChI is InChI=1S/C31H29N3O4S/c1-19(2)38-25-14-10-21(11-15-25)18-26-30(36)34-28(22-12-16-24(37-4)17-13-22)27(20(3)32-31(34)39-26)29(35)33-23-8-6-5-7-9-23/h5-19,28H,1-4H3,(H,33,35)/b26-18-. The monoisotopic (exact) mass is 539 g/mol. The van der Waals surface area contributed by atoms with Gasteiger partial charge in [0, 0.05) is 5.69 Å². The van der Waals surface area contributed by atoms with E-state index in [4.69, 9.17) is 14.5 Å². The van der Waals surface area contributed by atoms with Crippen molar-refractivity contribution >= 4 is 29.0 Å². The number of anilines is 1. The lowest BCUT2D eigenvalue weighted by molar-refractivity contribution is -0.113. The lowest BCUT2D eigenvalue weighted by atomic mass is 9.95. The topological polar surface area (TPSA) is 81.9 Å². The van der Waals surface area contributed by atoms with Crippen LogP contribution < -0.4 is 29.7 Å². The van der Waals surface area contributed by atoms with Crippen molar-refractivity contribution in [3.05, 3.63) is 121 Å². The van der Waals surface area contributed by atoms with E-state index in [-0.39, 0.29) is 17.6 Å². The Kier molecular flexibility index (Phi) is 7.47. The molecular formula is C31H29N3O4S. The van der Waals surface area contributed by atoms with Crippen LogP contribution in [0.15, 0.2) is 99.9 Å². The minimum atomic E-state index is -0.653. The van der Waals surface area contributed by atoms with Crippen molar-refractivity contribution in [1.82, 2.24) is 4.57 Å². The number of aromatic nitrogens is 1. The van der Waals surface area contributed by atoms with Gasteiger partial charge in [0.2, 0.25) is 0 Å². The van der Waals surface area contributed by atoms with Gasteiger partial charge in [-0.1, -0.05) is 53.8 Å². The summed E-state index contributed by atoms with van der Waals surface area (Å²) >= 11 is 1.31. The zero-order chi connectivity index (χ0) is 27.5. The highest BCUT2D eigenvalue weighted by Gasteiger charge is 2.32. The molecule has 39 heavy (non-hydrogen) atoms. The van der Waals surface area contributed by atoms with Gasteiger partial charge in [-0.3, -0.25) is 14.2 Å². The fraction of sp³-hybridized carbons (Fsp3) is 0.194. The SMILES string of the molecule is COc1ccc(C2C(C(=O)Nc3ccccc3)=C(C)N=c3s/c(=C\c4ccc(OC(C)C)cc4)c(=O)n32)cc1. The van der Waals surface area contributed by atoms with Crippen LogP contribution in [0.2, 0.25) is 0 Å². The number of allylic oxidation sites excluding steroid dienone is 1. The fourth-order valence-electron chi connectivity index (χ4n) is 4.50. The molecule has 1 amide bonds. The van der Waals surface area contributed by atoms with Crippen LogP contribution in [0.5, 0.6) is 11.5 Å². The molecule has 0 spiro atoms. The van der Waals surface area contributed by atoms with Gasteiger partial charge < -0.3 is 14.8 Å². The predicted octanol–water partition coefficient (Wildman–Crippen LogP) is 4.67. The molecule has 0 fully saturated rings. The normalized spacial score (nSPS) is 15.1. The third kappa shape index (κ3) is 5.56. The highest BCUT2D eigenvalue weighted by Crippen LogP contribution is 2.31. The summed E-state index contributed by atoms with van der Waals surface area (Å²) in [4.78, 5) is 32.7. The number of ether oxygens (including phenoxy) is 2. The van der Waals surface area contributed by atoms with E-state index < -0.39 is 6.04 Å². The van der Waals surface area contributed by atoms with E-state index in [9.17, 15) is 9.59 Å². The number of benzene rings is 3. The van der Waals surface area contributed by atoms with E-state index in [1.54, 1.807) is 18.6 Å². The Labute approximate surface area is 230 Å². The molecule has 7 nitrogen and oxygen atoms in total. The lowest BCUT2D eigenvalue weighted by Crippen LogP contribution is -2.40. The number of nitrogens with zero attached hydrogens (tertiary/aromatic N) is 2. The second-order valence-electron chi connectivity index (χ2n) is 9.41. The predicted molar refractivity (Wildman–Crippen MR) is 154 cm³/mol. The van der Waals surface area contributed by atoms with Crippen LogP contribution >= 0.6 is 11.3 Å². The number of thiazole rings is 1. The van der Waals surface area contributed by atoms with E-state index in [2.05, 4.69) is 5.32 Å². The highest BCUT2D eigenvalue weighted by molar-refractivity contribution is 7.07. The Balaban J connectivity index is 1.61. The van der Waals surface area contributed by atoms with Crippen molar-refractivity contribution in [2.75, 3.05) is 12.4 Å². The van der Waals surface area contributed by atoms with Gasteiger partial charge in [0.05, 0.1) is 35.1 Å². The molecule has 1 aliphatic rings. The average Bonchev–Trinajstić information content (AvgIpc) is 3.23. The number of carbonyl (C=O) groups is 1. The molecule has 2 heterocycles. The molecule has 1 N–H and O–H groups in total. The van der Waals surface area contributed by atoms with E-state index >= 15 is 0 Å². The van der Waals surface area contributed by atoms with E-state index in [0.29, 0.717) is 32.0 Å². The summed E-state index contributed by atoms with van der Waals surface area (Å²) in [5.74, 6) is 1.15. The average molecular weight is 540 g/mol. The van der Waals surface area contributed by atoms with Gasteiger partial charge in [0.25, 0.3) is 11.5 Å². The molecule has 0 saturated carbocycles. The first-order chi connectivity index (χ1) is 18.8. The maximum absolute atomic E-state index is 13.8. The van der Waals surface area contributed by atoms with Gasteiger partial charge in [-0.25, -0.2) is 4.99 Å². The van der Waals surface area contributed by atoms with E-state index in [1.165, 1.54) is 11.3 Å². The maximum atomic E-state index is 13.8. The number of fused-ring (bicyclic) bond motifs is 1. The first kappa shape index (κ1) is 26.2. The molecule has 0 bridgehead atoms. The number of methoxy groups -OCH3 is 1. The molecule has 0 saturated heterocycles. The summed E-state index contributed by atoms with van der Waals surface area (Å²) in [7, 11) is 1.60. The molecule has 3 aromatic carbocycles. The van der Waals surface area contributed by atoms with Crippen LogP contribution in [0, 0.1) is 0 Å². The number of para-hydroxylation sites is 1. The second kappa shape index (κ2) is 11.1. The Bertz CT molecular complexity index is 1700. The summed E-state index contributed by atoms with van der Waals surface area (Å²) in [6.07, 6.45) is 1.92. The third-order valence-electron chi connectivity index (χ3n) is 6.28. The van der Waals surface area contributed by atoms with Crippen molar-refractivity contribution < 1.29 is 14.3 Å². The quantitative estimate of drug-likeness (QED) is 0.370. The van der Waals surface area contributed by atoms with Crippen molar-refractivity contribution in [3.8, 4) is 11.5 Å². The Morgan fingerprint density at radius 1 is 1.00 bits per heavy atom. The van der Waals surface area contributed by atoms with E-state index in [0.717, 1.165) is 16.9 Å². The van der Waals surface area contributed by atoms with Crippen LogP contribution in [-0.4, -0.2) is 23.7 Å². The third-order valence-corrected chi connectivity index (χ3v) is 7.26. The van der Waals surface area contributed by atoms with Gasteiger partial charge in [-0.05, 0) is 74.4 Å². The molecule has 198 valence electrons. The van der Waals surface area contributed by atoms with Crippen molar-refractivity contribution in [3.63, 3.8) is 0 Å². The molecular weight excluding hydrogens is 510 g/mol. The first-order valence-corrected chi connectivity index (χ1v) is 13.5. The Hall–Kier alpha value is -4.43. The number of nitrogens with one attached hydrogen (secondary N) is 1. The molecule has 1 unspecified atom stereocenters. The molecule has 1 aliphatic heterocycles. The van der Waals surface area contributed by atoms with Crippen LogP contribution in [-0.2, 0) is 4.79 Å². The van der Waals surface area contributed by atoms with Crippen LogP contribution in [0.3, 0.4) is 0 Å². The van der Waals surface area contributed by atoms with Gasteiger partial charge in [-0.2, -0.15) is 0 Å². The molecule has 1 atom stereocenters. The Morgan fingerprint density at radius 2 is 1.67 bits per heavy atom. The van der Waals surface area contributed by atoms with Gasteiger partial charge in [0.1, 0.15) is 11.5 Å². The number of amides is 1. The van der Waals surface area contributed by atoms with Crippen molar-refractivity contribution in [2.24, 2.45) is 4.99 Å². The zero-order valence-corrected chi connectivity index (χ0v) is 23.0. The van der Waals surface area contributed by atoms with Crippen LogP contribution in [0.25, 0.3) is 6.08 Å². The molecule has 1 aromatic heterocycles. The highest BCUT2D eigenvalue weighted by atomic mass is 32.1. The van der Waals surface area contributed by atoms with Crippen molar-refractivity contribution in [2.45, 2.75) is 32.9 Å². The number of rotatable bonds is 7. The summed E-state index contributed by atoms with van der Waals surface area (Å²) in [6.45, 7) is 5.76. The summed E-state index contributed by atoms with van der Waals surface area (Å²) in [6, 6.07) is 23.6. The Morgan fingerprint density at radius 3 is 2.31 bits per heavy atom. The molecule has 5 rings (SSSR count). The van der Waals surface area contributed by atoms with Crippen LogP contribution in [0.1, 0.15) is 37.9 Å². The number of carbonyl (C=O) groups excluding carboxylic acids is 1. The zero-order valence-electron chi connectivity index (χ0n) is 22.2. The summed E-state index contributed by atoms with van der Waals surface area (Å²) < 4.78 is 13.2. The van der Waals surface area contributed by atoms with Gasteiger partial charge in [-0.15, -0.1) is 0 Å². The minimum absolute atomic E-state index is 0.0778. The minimum Gasteiger partial charge on any atom is -0.497 e. The fourth-order valence-corrected chi connectivity index (χ4v) is 5.55. The summed E-state index contributed by atoms with van der Waals surface area (Å²) in [5, 5.41) is 2.97.